The minimum absolute atomic E-state index is 0.376. The smallest absolute Gasteiger partial charge is 0.234 e. The Morgan fingerprint density at radius 1 is 1.80 bits per heavy atom. The van der Waals surface area contributed by atoms with Gasteiger partial charge in [0.25, 0.3) is 0 Å². The van der Waals surface area contributed by atoms with Gasteiger partial charge in [-0.15, -0.1) is 0 Å². The van der Waals surface area contributed by atoms with Crippen molar-refractivity contribution >= 4 is 5.91 Å². The fourth-order valence-corrected chi connectivity index (χ4v) is 1.17. The highest BCUT2D eigenvalue weighted by atomic mass is 16.1. The predicted octanol–water partition coefficient (Wildman–Crippen LogP) is -0.155. The fraction of sp³-hybridized carbons (Fsp3) is 0.857. The molecule has 0 saturated heterocycles. The number of carbonyl (C=O) groups excluding carboxylic acids is 1. The van der Waals surface area contributed by atoms with Gasteiger partial charge in [-0.2, -0.15) is 0 Å². The second-order valence-electron chi connectivity index (χ2n) is 3.22. The highest BCUT2D eigenvalue weighted by molar-refractivity contribution is 5.79. The van der Waals surface area contributed by atoms with E-state index >= 15 is 0 Å². The Morgan fingerprint density at radius 3 is 2.60 bits per heavy atom. The van der Waals surface area contributed by atoms with Crippen molar-refractivity contribution in [3.05, 3.63) is 0 Å². The highest BCUT2D eigenvalue weighted by Gasteiger charge is 2.34. The topological polar surface area (TPSA) is 69.1 Å². The molecule has 0 aliphatic heterocycles. The zero-order valence-electron chi connectivity index (χ0n) is 6.21. The van der Waals surface area contributed by atoms with E-state index in [4.69, 9.17) is 11.5 Å². The summed E-state index contributed by atoms with van der Waals surface area (Å²) in [5.74, 6) is 1.03. The molecule has 0 aromatic carbocycles. The largest absolute Gasteiger partial charge is 0.368 e. The summed E-state index contributed by atoms with van der Waals surface area (Å²) in [6, 6.07) is -0.421. The monoisotopic (exact) mass is 142 g/mol. The van der Waals surface area contributed by atoms with Gasteiger partial charge >= 0.3 is 0 Å². The van der Waals surface area contributed by atoms with Gasteiger partial charge in [0.05, 0.1) is 6.04 Å². The van der Waals surface area contributed by atoms with Crippen LogP contribution in [0.5, 0.6) is 0 Å². The fourth-order valence-electron chi connectivity index (χ4n) is 1.17. The Labute approximate surface area is 60.8 Å². The molecule has 0 bridgehead atoms. The zero-order valence-corrected chi connectivity index (χ0v) is 6.21. The van der Waals surface area contributed by atoms with Crippen molar-refractivity contribution in [1.29, 1.82) is 0 Å². The summed E-state index contributed by atoms with van der Waals surface area (Å²) in [4.78, 5) is 10.5. The van der Waals surface area contributed by atoms with Crippen molar-refractivity contribution in [1.82, 2.24) is 0 Å². The second kappa shape index (κ2) is 2.58. The van der Waals surface area contributed by atoms with E-state index in [2.05, 4.69) is 6.92 Å². The Kier molecular flexibility index (Phi) is 1.94. The van der Waals surface area contributed by atoms with Crippen LogP contribution in [0.3, 0.4) is 0 Å². The van der Waals surface area contributed by atoms with Crippen molar-refractivity contribution in [3.63, 3.8) is 0 Å². The van der Waals surface area contributed by atoms with Crippen LogP contribution in [0, 0.1) is 11.8 Å². The Morgan fingerprint density at radius 2 is 2.30 bits per heavy atom. The summed E-state index contributed by atoms with van der Waals surface area (Å²) in [6.45, 7) is 2.17. The van der Waals surface area contributed by atoms with Crippen molar-refractivity contribution < 1.29 is 4.79 Å². The van der Waals surface area contributed by atoms with E-state index in [1.165, 1.54) is 6.42 Å². The van der Waals surface area contributed by atoms with Crippen molar-refractivity contribution in [2.75, 3.05) is 0 Å². The standard InChI is InChI=1S/C7H14N2O/c1-4-2-5(4)3-6(8)7(9)10/h4-6H,2-3,8H2,1H3,(H2,9,10). The Bertz CT molecular complexity index is 147. The summed E-state index contributed by atoms with van der Waals surface area (Å²) >= 11 is 0. The molecule has 58 valence electrons. The molecule has 3 heteroatoms. The molecule has 1 aliphatic rings. The molecule has 10 heavy (non-hydrogen) atoms. The third-order valence-corrected chi connectivity index (χ3v) is 2.20. The zero-order chi connectivity index (χ0) is 7.72. The third-order valence-electron chi connectivity index (χ3n) is 2.20. The molecule has 0 spiro atoms. The molecule has 1 saturated carbocycles. The maximum absolute atomic E-state index is 10.5. The average molecular weight is 142 g/mol. The van der Waals surface area contributed by atoms with Crippen molar-refractivity contribution in [2.45, 2.75) is 25.8 Å². The number of nitrogens with two attached hydrogens (primary N) is 2. The quantitative estimate of drug-likeness (QED) is 0.575. The number of amides is 1. The van der Waals surface area contributed by atoms with Gasteiger partial charge in [-0.1, -0.05) is 6.92 Å². The Hall–Kier alpha value is -0.570. The van der Waals surface area contributed by atoms with Gasteiger partial charge in [0.1, 0.15) is 0 Å². The van der Waals surface area contributed by atoms with Gasteiger partial charge in [-0.25, -0.2) is 0 Å². The average Bonchev–Trinajstić information content (AvgIpc) is 2.46. The number of rotatable bonds is 3. The Balaban J connectivity index is 2.19. The lowest BCUT2D eigenvalue weighted by Crippen LogP contribution is -2.36. The summed E-state index contributed by atoms with van der Waals surface area (Å²) < 4.78 is 0. The molecule has 0 radical (unpaired) electrons. The van der Waals surface area contributed by atoms with Crippen molar-refractivity contribution in [3.8, 4) is 0 Å². The third kappa shape index (κ3) is 1.70. The van der Waals surface area contributed by atoms with Crippen LogP contribution in [0.4, 0.5) is 0 Å². The first-order chi connectivity index (χ1) is 4.61. The van der Waals surface area contributed by atoms with E-state index in [1.807, 2.05) is 0 Å². The van der Waals surface area contributed by atoms with E-state index in [9.17, 15) is 4.79 Å². The molecular formula is C7H14N2O. The maximum atomic E-state index is 10.5. The molecule has 3 nitrogen and oxygen atoms in total. The van der Waals surface area contributed by atoms with Gasteiger partial charge in [0.2, 0.25) is 5.91 Å². The first-order valence-corrected chi connectivity index (χ1v) is 3.66. The molecule has 1 aliphatic carbocycles. The highest BCUT2D eigenvalue weighted by Crippen LogP contribution is 2.40. The lowest BCUT2D eigenvalue weighted by atomic mass is 10.1. The van der Waals surface area contributed by atoms with E-state index in [0.717, 1.165) is 12.3 Å². The summed E-state index contributed by atoms with van der Waals surface area (Å²) in [7, 11) is 0. The van der Waals surface area contributed by atoms with Gasteiger partial charge < -0.3 is 11.5 Å². The van der Waals surface area contributed by atoms with Crippen LogP contribution < -0.4 is 11.5 Å². The molecule has 3 atom stereocenters. The SMILES string of the molecule is CC1CC1CC(N)C(N)=O. The van der Waals surface area contributed by atoms with E-state index in [-0.39, 0.29) is 5.91 Å². The molecule has 1 fully saturated rings. The van der Waals surface area contributed by atoms with E-state index in [0.29, 0.717) is 5.92 Å². The molecule has 0 aromatic heterocycles. The van der Waals surface area contributed by atoms with Gasteiger partial charge in [0.15, 0.2) is 0 Å². The second-order valence-corrected chi connectivity index (χ2v) is 3.22. The number of hydrogen-bond donors (Lipinski definition) is 2. The first kappa shape index (κ1) is 7.54. The van der Waals surface area contributed by atoms with Crippen LogP contribution in [-0.2, 0) is 4.79 Å². The summed E-state index contributed by atoms with van der Waals surface area (Å²) in [6.07, 6.45) is 1.98. The maximum Gasteiger partial charge on any atom is 0.234 e. The molecule has 1 amide bonds. The minimum atomic E-state index is -0.421. The molecular weight excluding hydrogens is 128 g/mol. The minimum Gasteiger partial charge on any atom is -0.368 e. The first-order valence-electron chi connectivity index (χ1n) is 3.66. The van der Waals surface area contributed by atoms with Gasteiger partial charge in [-0.05, 0) is 24.7 Å². The normalized spacial score (nSPS) is 33.4. The summed E-state index contributed by atoms with van der Waals surface area (Å²) in [5, 5.41) is 0. The van der Waals surface area contributed by atoms with Gasteiger partial charge in [-0.3, -0.25) is 4.79 Å². The predicted molar refractivity (Wildman–Crippen MR) is 39.1 cm³/mol. The van der Waals surface area contributed by atoms with Crippen LogP contribution in [0.2, 0.25) is 0 Å². The van der Waals surface area contributed by atoms with Crippen molar-refractivity contribution in [2.24, 2.45) is 23.3 Å². The van der Waals surface area contributed by atoms with E-state index < -0.39 is 6.04 Å². The number of carbonyl (C=O) groups is 1. The lowest BCUT2D eigenvalue weighted by Gasteiger charge is -2.04. The molecule has 4 N–H and O–H groups in total. The molecule has 0 aromatic rings. The van der Waals surface area contributed by atoms with Crippen LogP contribution in [0.15, 0.2) is 0 Å². The van der Waals surface area contributed by atoms with Crippen LogP contribution >= 0.6 is 0 Å². The van der Waals surface area contributed by atoms with Crippen LogP contribution in [0.1, 0.15) is 19.8 Å². The number of hydrogen-bond acceptors (Lipinski definition) is 2. The number of primary amides is 1. The molecule has 0 heterocycles. The van der Waals surface area contributed by atoms with Crippen LogP contribution in [0.25, 0.3) is 0 Å². The summed E-state index contributed by atoms with van der Waals surface area (Å²) in [5.41, 5.74) is 10.4. The van der Waals surface area contributed by atoms with Gasteiger partial charge in [0, 0.05) is 0 Å². The van der Waals surface area contributed by atoms with Crippen LogP contribution in [-0.4, -0.2) is 11.9 Å². The molecule has 3 unspecified atom stereocenters. The van der Waals surface area contributed by atoms with E-state index in [1.54, 1.807) is 0 Å². The lowest BCUT2D eigenvalue weighted by molar-refractivity contribution is -0.119. The molecule has 1 rings (SSSR count).